The normalized spacial score (nSPS) is 14.5. The van der Waals surface area contributed by atoms with Gasteiger partial charge in [0.05, 0.1) is 20.8 Å². The molecule has 31 heavy (non-hydrogen) atoms. The molecule has 160 valence electrons. The van der Waals surface area contributed by atoms with Gasteiger partial charge in [-0.1, -0.05) is 49.1 Å². The van der Waals surface area contributed by atoms with Crippen LogP contribution in [0.2, 0.25) is 0 Å². The molecule has 2 aromatic carbocycles. The summed E-state index contributed by atoms with van der Waals surface area (Å²) in [4.78, 5) is 22.4. The zero-order valence-corrected chi connectivity index (χ0v) is 17.9. The van der Waals surface area contributed by atoms with Crippen LogP contribution in [-0.4, -0.2) is 24.9 Å². The Balaban J connectivity index is 1.80. The number of nitro benzene ring substituents is 2. The number of hydrogen-bond acceptors (Lipinski definition) is 6. The first-order valence-electron chi connectivity index (χ1n) is 10.2. The van der Waals surface area contributed by atoms with Gasteiger partial charge in [-0.3, -0.25) is 20.2 Å². The SMILES string of the molecule is Cc1ccc(-c2nn(-c3ccc([N+](=O)[O-])cc3[N+](=O)[O-])cc2SC2CCCCC2)cc1. The zero-order valence-electron chi connectivity index (χ0n) is 17.1. The van der Waals surface area contributed by atoms with Crippen molar-refractivity contribution in [1.29, 1.82) is 0 Å². The predicted octanol–water partition coefficient (Wildman–Crippen LogP) is 6.09. The summed E-state index contributed by atoms with van der Waals surface area (Å²) in [5.74, 6) is 0. The van der Waals surface area contributed by atoms with E-state index in [4.69, 9.17) is 0 Å². The third-order valence-corrected chi connectivity index (χ3v) is 6.82. The lowest BCUT2D eigenvalue weighted by Gasteiger charge is -2.20. The van der Waals surface area contributed by atoms with E-state index in [2.05, 4.69) is 5.10 Å². The largest absolute Gasteiger partial charge is 0.301 e. The van der Waals surface area contributed by atoms with Gasteiger partial charge in [0, 0.05) is 23.1 Å². The van der Waals surface area contributed by atoms with Crippen molar-refractivity contribution in [3.8, 4) is 16.9 Å². The van der Waals surface area contributed by atoms with E-state index >= 15 is 0 Å². The third-order valence-electron chi connectivity index (χ3n) is 5.46. The van der Waals surface area contributed by atoms with Crippen molar-refractivity contribution in [3.63, 3.8) is 0 Å². The van der Waals surface area contributed by atoms with Gasteiger partial charge < -0.3 is 0 Å². The molecule has 0 amide bonds. The van der Waals surface area contributed by atoms with Crippen LogP contribution in [0.1, 0.15) is 37.7 Å². The topological polar surface area (TPSA) is 104 Å². The average molecular weight is 439 g/mol. The van der Waals surface area contributed by atoms with Gasteiger partial charge in [-0.2, -0.15) is 5.10 Å². The molecule has 0 unspecified atom stereocenters. The van der Waals surface area contributed by atoms with Gasteiger partial charge in [-0.25, -0.2) is 4.68 Å². The third kappa shape index (κ3) is 4.61. The Morgan fingerprint density at radius 1 is 1.00 bits per heavy atom. The second-order valence-electron chi connectivity index (χ2n) is 7.72. The van der Waals surface area contributed by atoms with E-state index in [0.29, 0.717) is 5.25 Å². The molecule has 1 saturated carbocycles. The number of benzene rings is 2. The molecule has 0 spiro atoms. The van der Waals surface area contributed by atoms with E-state index < -0.39 is 9.85 Å². The van der Waals surface area contributed by atoms with Crippen molar-refractivity contribution >= 4 is 23.1 Å². The van der Waals surface area contributed by atoms with Gasteiger partial charge in [0.1, 0.15) is 11.4 Å². The van der Waals surface area contributed by atoms with E-state index in [0.717, 1.165) is 40.6 Å². The highest BCUT2D eigenvalue weighted by atomic mass is 32.2. The number of hydrogen-bond donors (Lipinski definition) is 0. The van der Waals surface area contributed by atoms with Crippen LogP contribution in [0, 0.1) is 27.2 Å². The number of aryl methyl sites for hydroxylation is 1. The fourth-order valence-corrected chi connectivity index (χ4v) is 5.17. The Labute approximate surface area is 183 Å². The number of rotatable bonds is 6. The lowest BCUT2D eigenvalue weighted by atomic mass is 10.0. The lowest BCUT2D eigenvalue weighted by molar-refractivity contribution is -0.394. The van der Waals surface area contributed by atoms with Crippen LogP contribution in [-0.2, 0) is 0 Å². The van der Waals surface area contributed by atoms with Crippen LogP contribution < -0.4 is 0 Å². The van der Waals surface area contributed by atoms with Crippen LogP contribution in [0.15, 0.2) is 53.6 Å². The highest BCUT2D eigenvalue weighted by Crippen LogP contribution is 2.39. The van der Waals surface area contributed by atoms with Gasteiger partial charge in [0.2, 0.25) is 0 Å². The standard InChI is InChI=1S/C22H22N4O4S/c1-15-7-9-16(10-8-15)22-21(31-18-5-3-2-4-6-18)14-24(23-22)19-12-11-17(25(27)28)13-20(19)26(29)30/h7-14,18H,2-6H2,1H3. The average Bonchev–Trinajstić information content (AvgIpc) is 3.18. The number of non-ortho nitro benzene ring substituents is 1. The van der Waals surface area contributed by atoms with Crippen LogP contribution in [0.3, 0.4) is 0 Å². The highest BCUT2D eigenvalue weighted by molar-refractivity contribution is 8.00. The quantitative estimate of drug-likeness (QED) is 0.341. The molecule has 0 bridgehead atoms. The number of aromatic nitrogens is 2. The summed E-state index contributed by atoms with van der Waals surface area (Å²) >= 11 is 1.77. The molecule has 1 aromatic heterocycles. The molecule has 0 saturated heterocycles. The van der Waals surface area contributed by atoms with E-state index in [1.807, 2.05) is 37.4 Å². The molecular formula is C22H22N4O4S. The first kappa shape index (κ1) is 21.0. The smallest absolute Gasteiger partial charge is 0.258 e. The molecule has 3 aromatic rings. The molecule has 1 aliphatic carbocycles. The Hall–Kier alpha value is -3.20. The van der Waals surface area contributed by atoms with Gasteiger partial charge in [0.25, 0.3) is 5.69 Å². The maximum absolute atomic E-state index is 11.6. The molecule has 1 aliphatic rings. The predicted molar refractivity (Wildman–Crippen MR) is 120 cm³/mol. The van der Waals surface area contributed by atoms with E-state index in [1.54, 1.807) is 11.8 Å². The molecule has 0 aliphatic heterocycles. The summed E-state index contributed by atoms with van der Waals surface area (Å²) < 4.78 is 1.47. The Morgan fingerprint density at radius 2 is 1.71 bits per heavy atom. The molecule has 0 N–H and O–H groups in total. The van der Waals surface area contributed by atoms with Crippen molar-refractivity contribution in [1.82, 2.24) is 9.78 Å². The van der Waals surface area contributed by atoms with Crippen LogP contribution >= 0.6 is 11.8 Å². The summed E-state index contributed by atoms with van der Waals surface area (Å²) in [6.07, 6.45) is 7.76. The summed E-state index contributed by atoms with van der Waals surface area (Å²) in [6.45, 7) is 2.01. The lowest BCUT2D eigenvalue weighted by Crippen LogP contribution is -2.07. The molecule has 0 radical (unpaired) electrons. The monoisotopic (exact) mass is 438 g/mol. The Kier molecular flexibility index (Phi) is 6.03. The number of nitro groups is 2. The van der Waals surface area contributed by atoms with Gasteiger partial charge in [-0.05, 0) is 25.8 Å². The molecule has 8 nitrogen and oxygen atoms in total. The number of nitrogens with zero attached hydrogens (tertiary/aromatic N) is 4. The first-order valence-corrected chi connectivity index (χ1v) is 11.1. The van der Waals surface area contributed by atoms with Crippen molar-refractivity contribution in [2.45, 2.75) is 49.2 Å². The van der Waals surface area contributed by atoms with Crippen molar-refractivity contribution in [2.24, 2.45) is 0 Å². The number of thioether (sulfide) groups is 1. The van der Waals surface area contributed by atoms with Gasteiger partial charge >= 0.3 is 5.69 Å². The molecule has 1 heterocycles. The minimum absolute atomic E-state index is 0.208. The maximum atomic E-state index is 11.6. The molecule has 4 rings (SSSR count). The zero-order chi connectivity index (χ0) is 22.0. The second kappa shape index (κ2) is 8.89. The second-order valence-corrected chi connectivity index (χ2v) is 9.06. The van der Waals surface area contributed by atoms with E-state index in [-0.39, 0.29) is 17.1 Å². The Morgan fingerprint density at radius 3 is 2.35 bits per heavy atom. The minimum atomic E-state index is -0.637. The fourth-order valence-electron chi connectivity index (χ4n) is 3.81. The van der Waals surface area contributed by atoms with Crippen molar-refractivity contribution < 1.29 is 9.85 Å². The van der Waals surface area contributed by atoms with Gasteiger partial charge in [-0.15, -0.1) is 11.8 Å². The van der Waals surface area contributed by atoms with Crippen LogP contribution in [0.25, 0.3) is 16.9 Å². The summed E-state index contributed by atoms with van der Waals surface area (Å²) in [5.41, 5.74) is 2.38. The molecule has 9 heteroatoms. The fraction of sp³-hybridized carbons (Fsp3) is 0.318. The van der Waals surface area contributed by atoms with E-state index in [9.17, 15) is 20.2 Å². The maximum Gasteiger partial charge on any atom is 0.301 e. The highest BCUT2D eigenvalue weighted by Gasteiger charge is 2.24. The van der Waals surface area contributed by atoms with Gasteiger partial charge in [0.15, 0.2) is 0 Å². The van der Waals surface area contributed by atoms with Crippen LogP contribution in [0.4, 0.5) is 11.4 Å². The summed E-state index contributed by atoms with van der Waals surface area (Å²) in [5, 5.41) is 27.9. The summed E-state index contributed by atoms with van der Waals surface area (Å²) in [6, 6.07) is 11.7. The Bertz CT molecular complexity index is 1120. The molecular weight excluding hydrogens is 416 g/mol. The summed E-state index contributed by atoms with van der Waals surface area (Å²) in [7, 11) is 0. The van der Waals surface area contributed by atoms with Crippen LogP contribution in [0.5, 0.6) is 0 Å². The van der Waals surface area contributed by atoms with Crippen molar-refractivity contribution in [2.75, 3.05) is 0 Å². The minimum Gasteiger partial charge on any atom is -0.258 e. The van der Waals surface area contributed by atoms with E-state index in [1.165, 1.54) is 36.1 Å². The molecule has 1 fully saturated rings. The van der Waals surface area contributed by atoms with Crippen molar-refractivity contribution in [3.05, 3.63) is 74.5 Å². The first-order chi connectivity index (χ1) is 14.9. The molecule has 0 atom stereocenters.